The number of aryl methyl sites for hydroxylation is 1. The number of ether oxygens (including phenoxy) is 1. The lowest BCUT2D eigenvalue weighted by Crippen LogP contribution is -2.26. The van der Waals surface area contributed by atoms with Gasteiger partial charge in [-0.1, -0.05) is 12.1 Å². The predicted molar refractivity (Wildman–Crippen MR) is 67.6 cm³/mol. The number of nitrogens with zero attached hydrogens (tertiary/aromatic N) is 1. The molecule has 18 heavy (non-hydrogen) atoms. The monoisotopic (exact) mass is 268 g/mol. The molecule has 0 fully saturated rings. The molecule has 0 radical (unpaired) electrons. The SMILES string of the molecule is COCCCNS(=O)(=O)c1cccc(C)c1C#N. The molecule has 0 spiro atoms. The minimum absolute atomic E-state index is 0.0300. The van der Waals surface area contributed by atoms with Crippen molar-refractivity contribution < 1.29 is 13.2 Å². The van der Waals surface area contributed by atoms with Crippen LogP contribution in [0.1, 0.15) is 17.5 Å². The van der Waals surface area contributed by atoms with Crippen molar-refractivity contribution in [2.24, 2.45) is 0 Å². The van der Waals surface area contributed by atoms with Crippen molar-refractivity contribution in [1.82, 2.24) is 4.72 Å². The Morgan fingerprint density at radius 1 is 1.44 bits per heavy atom. The van der Waals surface area contributed by atoms with Crippen molar-refractivity contribution in [3.8, 4) is 6.07 Å². The zero-order valence-electron chi connectivity index (χ0n) is 10.4. The third-order valence-electron chi connectivity index (χ3n) is 2.45. The normalized spacial score (nSPS) is 11.2. The molecule has 5 nitrogen and oxygen atoms in total. The first-order valence-electron chi connectivity index (χ1n) is 5.51. The van der Waals surface area contributed by atoms with Gasteiger partial charge in [0.2, 0.25) is 10.0 Å². The second kappa shape index (κ2) is 6.50. The van der Waals surface area contributed by atoms with E-state index in [0.717, 1.165) is 0 Å². The van der Waals surface area contributed by atoms with Gasteiger partial charge in [0.1, 0.15) is 6.07 Å². The van der Waals surface area contributed by atoms with Gasteiger partial charge in [0.05, 0.1) is 10.5 Å². The zero-order valence-corrected chi connectivity index (χ0v) is 11.3. The number of nitriles is 1. The van der Waals surface area contributed by atoms with Crippen LogP contribution in [0.15, 0.2) is 23.1 Å². The van der Waals surface area contributed by atoms with Crippen LogP contribution < -0.4 is 4.72 Å². The minimum Gasteiger partial charge on any atom is -0.385 e. The smallest absolute Gasteiger partial charge is 0.241 e. The molecule has 0 amide bonds. The van der Waals surface area contributed by atoms with Crippen LogP contribution in [-0.4, -0.2) is 28.7 Å². The molecule has 0 saturated heterocycles. The Labute approximate surface area is 107 Å². The Morgan fingerprint density at radius 2 is 2.17 bits per heavy atom. The van der Waals surface area contributed by atoms with E-state index in [1.807, 2.05) is 6.07 Å². The van der Waals surface area contributed by atoms with Crippen LogP contribution in [0.3, 0.4) is 0 Å². The van der Waals surface area contributed by atoms with Gasteiger partial charge in [0.25, 0.3) is 0 Å². The van der Waals surface area contributed by atoms with E-state index in [2.05, 4.69) is 4.72 Å². The lowest BCUT2D eigenvalue weighted by molar-refractivity contribution is 0.196. The van der Waals surface area contributed by atoms with E-state index in [1.165, 1.54) is 6.07 Å². The molecule has 0 heterocycles. The summed E-state index contributed by atoms with van der Waals surface area (Å²) >= 11 is 0. The molecule has 0 aliphatic heterocycles. The number of nitrogens with one attached hydrogen (secondary N) is 1. The highest BCUT2D eigenvalue weighted by molar-refractivity contribution is 7.89. The van der Waals surface area contributed by atoms with Crippen LogP contribution in [-0.2, 0) is 14.8 Å². The average molecular weight is 268 g/mol. The van der Waals surface area contributed by atoms with Crippen LogP contribution in [0.2, 0.25) is 0 Å². The Bertz CT molecular complexity index is 547. The van der Waals surface area contributed by atoms with Gasteiger partial charge in [0, 0.05) is 20.3 Å². The highest BCUT2D eigenvalue weighted by Crippen LogP contribution is 2.18. The third kappa shape index (κ3) is 3.53. The molecule has 0 bridgehead atoms. The molecule has 0 aromatic heterocycles. The average Bonchev–Trinajstić information content (AvgIpc) is 2.34. The maximum absolute atomic E-state index is 12.0. The van der Waals surface area contributed by atoms with Crippen molar-refractivity contribution in [1.29, 1.82) is 5.26 Å². The molecule has 0 aliphatic rings. The highest BCUT2D eigenvalue weighted by Gasteiger charge is 2.18. The molecule has 1 aromatic carbocycles. The summed E-state index contributed by atoms with van der Waals surface area (Å²) in [5, 5.41) is 9.01. The van der Waals surface area contributed by atoms with Crippen LogP contribution in [0.5, 0.6) is 0 Å². The van der Waals surface area contributed by atoms with Gasteiger partial charge in [-0.2, -0.15) is 5.26 Å². The Hall–Kier alpha value is -1.42. The van der Waals surface area contributed by atoms with Crippen molar-refractivity contribution in [3.63, 3.8) is 0 Å². The molecular formula is C12H16N2O3S. The van der Waals surface area contributed by atoms with Crippen LogP contribution in [0.4, 0.5) is 0 Å². The molecular weight excluding hydrogens is 252 g/mol. The molecule has 0 atom stereocenters. The number of sulfonamides is 1. The lowest BCUT2D eigenvalue weighted by atomic mass is 10.1. The topological polar surface area (TPSA) is 79.2 Å². The van der Waals surface area contributed by atoms with E-state index in [9.17, 15) is 8.42 Å². The first-order valence-corrected chi connectivity index (χ1v) is 6.99. The largest absolute Gasteiger partial charge is 0.385 e. The van der Waals surface area contributed by atoms with E-state index in [-0.39, 0.29) is 17.0 Å². The van der Waals surface area contributed by atoms with Crippen molar-refractivity contribution >= 4 is 10.0 Å². The molecule has 1 N–H and O–H groups in total. The maximum Gasteiger partial charge on any atom is 0.241 e. The zero-order chi connectivity index (χ0) is 13.6. The fourth-order valence-electron chi connectivity index (χ4n) is 1.51. The van der Waals surface area contributed by atoms with Crippen molar-refractivity contribution in [2.45, 2.75) is 18.2 Å². The minimum atomic E-state index is -3.63. The number of hydrogen-bond acceptors (Lipinski definition) is 4. The first kappa shape index (κ1) is 14.6. The summed E-state index contributed by atoms with van der Waals surface area (Å²) in [6.07, 6.45) is 0.587. The Morgan fingerprint density at radius 3 is 2.78 bits per heavy atom. The number of hydrogen-bond donors (Lipinski definition) is 1. The van der Waals surface area contributed by atoms with Gasteiger partial charge in [-0.15, -0.1) is 0 Å². The number of rotatable bonds is 6. The van der Waals surface area contributed by atoms with E-state index < -0.39 is 10.0 Å². The number of benzene rings is 1. The lowest BCUT2D eigenvalue weighted by Gasteiger charge is -2.09. The Balaban J connectivity index is 2.93. The van der Waals surface area contributed by atoms with Crippen LogP contribution in [0, 0.1) is 18.3 Å². The summed E-state index contributed by atoms with van der Waals surface area (Å²) in [4.78, 5) is 0.0300. The first-order chi connectivity index (χ1) is 8.53. The predicted octanol–water partition coefficient (Wildman–Crippen LogP) is 1.18. The van der Waals surface area contributed by atoms with Gasteiger partial charge in [-0.25, -0.2) is 13.1 Å². The summed E-state index contributed by atoms with van der Waals surface area (Å²) in [5.74, 6) is 0. The van der Waals surface area contributed by atoms with Gasteiger partial charge in [0.15, 0.2) is 0 Å². The van der Waals surface area contributed by atoms with E-state index in [1.54, 1.807) is 26.2 Å². The highest BCUT2D eigenvalue weighted by atomic mass is 32.2. The Kier molecular flexibility index (Phi) is 5.28. The second-order valence-corrected chi connectivity index (χ2v) is 5.54. The third-order valence-corrected chi connectivity index (χ3v) is 3.96. The van der Waals surface area contributed by atoms with Crippen molar-refractivity contribution in [3.05, 3.63) is 29.3 Å². The van der Waals surface area contributed by atoms with Crippen LogP contribution in [0.25, 0.3) is 0 Å². The summed E-state index contributed by atoms with van der Waals surface area (Å²) in [6, 6.07) is 6.70. The molecule has 0 unspecified atom stereocenters. The molecule has 1 rings (SSSR count). The fraction of sp³-hybridized carbons (Fsp3) is 0.417. The van der Waals surface area contributed by atoms with Gasteiger partial charge in [-0.3, -0.25) is 0 Å². The quantitative estimate of drug-likeness (QED) is 0.786. The summed E-state index contributed by atoms with van der Waals surface area (Å²) in [7, 11) is -2.08. The van der Waals surface area contributed by atoms with Crippen LogP contribution >= 0.6 is 0 Å². The molecule has 98 valence electrons. The van der Waals surface area contributed by atoms with E-state index in [4.69, 9.17) is 10.00 Å². The maximum atomic E-state index is 12.0. The number of methoxy groups -OCH3 is 1. The summed E-state index contributed by atoms with van der Waals surface area (Å²) < 4.78 is 31.3. The van der Waals surface area contributed by atoms with Gasteiger partial charge < -0.3 is 4.74 Å². The molecule has 0 saturated carbocycles. The standard InChI is InChI=1S/C12H16N2O3S/c1-10-5-3-6-12(11(10)9-13)18(15,16)14-7-4-8-17-2/h3,5-6,14H,4,7-8H2,1-2H3. The van der Waals surface area contributed by atoms with Gasteiger partial charge >= 0.3 is 0 Å². The molecule has 1 aromatic rings. The van der Waals surface area contributed by atoms with Crippen molar-refractivity contribution in [2.75, 3.05) is 20.3 Å². The molecule has 0 aliphatic carbocycles. The summed E-state index contributed by atoms with van der Waals surface area (Å²) in [5.41, 5.74) is 0.842. The van der Waals surface area contributed by atoms with E-state index in [0.29, 0.717) is 18.6 Å². The van der Waals surface area contributed by atoms with E-state index >= 15 is 0 Å². The summed E-state index contributed by atoms with van der Waals surface area (Å²) in [6.45, 7) is 2.49. The second-order valence-electron chi connectivity index (χ2n) is 3.80. The molecule has 6 heteroatoms. The fourth-order valence-corrected chi connectivity index (χ4v) is 2.81. The van der Waals surface area contributed by atoms with Gasteiger partial charge in [-0.05, 0) is 25.0 Å².